The van der Waals surface area contributed by atoms with Gasteiger partial charge in [-0.15, -0.1) is 0 Å². The Balaban J connectivity index is 2.37. The van der Waals surface area contributed by atoms with E-state index in [1.165, 1.54) is 6.07 Å². The summed E-state index contributed by atoms with van der Waals surface area (Å²) in [5, 5.41) is 8.72. The zero-order valence-corrected chi connectivity index (χ0v) is 11.0. The lowest BCUT2D eigenvalue weighted by Crippen LogP contribution is -2.52. The van der Waals surface area contributed by atoms with Crippen molar-refractivity contribution in [3.05, 3.63) is 22.2 Å². The number of aliphatic hydroxyl groups excluding tert-OH is 1. The van der Waals surface area contributed by atoms with Gasteiger partial charge in [0.05, 0.1) is 0 Å². The maximum absolute atomic E-state index is 13.0. The molecule has 3 nitrogen and oxygen atoms in total. The normalized spacial score (nSPS) is 19.3. The van der Waals surface area contributed by atoms with Gasteiger partial charge in [0.1, 0.15) is 0 Å². The highest BCUT2D eigenvalue weighted by Gasteiger charge is 2.65. The Kier molecular flexibility index (Phi) is 3.65. The van der Waals surface area contributed by atoms with E-state index in [1.54, 1.807) is 0 Å². The second-order valence-electron chi connectivity index (χ2n) is 3.96. The fraction of sp³-hybridized carbons (Fsp3) is 0.455. The van der Waals surface area contributed by atoms with Gasteiger partial charge in [-0.2, -0.15) is 17.6 Å². The molecular formula is C11H9BrF4O3. The number of aryl methyl sites for hydroxylation is 1. The van der Waals surface area contributed by atoms with Crippen LogP contribution in [0.5, 0.6) is 11.5 Å². The molecule has 0 amide bonds. The average Bonchev–Trinajstić information content (AvgIpc) is 2.28. The maximum Gasteiger partial charge on any atom is 0.507 e. The maximum atomic E-state index is 13.0. The number of halogens is 5. The van der Waals surface area contributed by atoms with Gasteiger partial charge in [0.25, 0.3) is 0 Å². The van der Waals surface area contributed by atoms with E-state index >= 15 is 0 Å². The SMILES string of the molecule is OCCCc1cc2c(cc1Br)OC(F)(F)C(F)(F)O2. The summed E-state index contributed by atoms with van der Waals surface area (Å²) >= 11 is 3.12. The molecule has 1 N–H and O–H groups in total. The molecule has 0 unspecified atom stereocenters. The molecule has 0 bridgehead atoms. The van der Waals surface area contributed by atoms with Crippen LogP contribution in [0.25, 0.3) is 0 Å². The Morgan fingerprint density at radius 3 is 2.11 bits per heavy atom. The lowest BCUT2D eigenvalue weighted by atomic mass is 10.1. The Labute approximate surface area is 114 Å². The van der Waals surface area contributed by atoms with Crippen molar-refractivity contribution in [2.75, 3.05) is 6.61 Å². The molecule has 1 heterocycles. The van der Waals surface area contributed by atoms with E-state index in [0.717, 1.165) is 6.07 Å². The van der Waals surface area contributed by atoms with Crippen LogP contribution in [0, 0.1) is 0 Å². The van der Waals surface area contributed by atoms with Gasteiger partial charge >= 0.3 is 12.2 Å². The Hall–Kier alpha value is -1.02. The molecule has 1 aliphatic heterocycles. The van der Waals surface area contributed by atoms with Gasteiger partial charge in [0.15, 0.2) is 11.5 Å². The number of ether oxygens (including phenoxy) is 2. The van der Waals surface area contributed by atoms with Gasteiger partial charge in [-0.3, -0.25) is 0 Å². The first kappa shape index (κ1) is 14.4. The van der Waals surface area contributed by atoms with Crippen LogP contribution in [0.3, 0.4) is 0 Å². The van der Waals surface area contributed by atoms with E-state index < -0.39 is 23.7 Å². The number of hydrogen-bond acceptors (Lipinski definition) is 3. The summed E-state index contributed by atoms with van der Waals surface area (Å²) < 4.78 is 60.3. The van der Waals surface area contributed by atoms with E-state index in [0.29, 0.717) is 22.9 Å². The molecule has 0 aromatic heterocycles. The number of benzene rings is 1. The second-order valence-corrected chi connectivity index (χ2v) is 4.81. The molecule has 2 rings (SSSR count). The lowest BCUT2D eigenvalue weighted by molar-refractivity contribution is -0.391. The van der Waals surface area contributed by atoms with Crippen molar-refractivity contribution in [3.8, 4) is 11.5 Å². The van der Waals surface area contributed by atoms with Gasteiger partial charge < -0.3 is 14.6 Å². The largest absolute Gasteiger partial charge is 0.507 e. The molecule has 106 valence electrons. The van der Waals surface area contributed by atoms with Crippen molar-refractivity contribution in [3.63, 3.8) is 0 Å². The first-order valence-electron chi connectivity index (χ1n) is 5.34. The molecule has 0 fully saturated rings. The Morgan fingerprint density at radius 2 is 1.58 bits per heavy atom. The highest BCUT2D eigenvalue weighted by Crippen LogP contribution is 2.48. The Morgan fingerprint density at radius 1 is 1.05 bits per heavy atom. The van der Waals surface area contributed by atoms with Crippen LogP contribution in [-0.2, 0) is 6.42 Å². The minimum absolute atomic E-state index is 0.0743. The molecule has 1 aromatic carbocycles. The van der Waals surface area contributed by atoms with Crippen LogP contribution in [0.2, 0.25) is 0 Å². The van der Waals surface area contributed by atoms with Crippen molar-refractivity contribution in [2.24, 2.45) is 0 Å². The standard InChI is InChI=1S/C11H9BrF4O3/c12-7-5-9-8(4-6(7)2-1-3-17)18-10(13,14)11(15,16)19-9/h4-5,17H,1-3H2. The molecule has 0 atom stereocenters. The van der Waals surface area contributed by atoms with E-state index in [-0.39, 0.29) is 6.61 Å². The quantitative estimate of drug-likeness (QED) is 0.855. The van der Waals surface area contributed by atoms with Crippen LogP contribution in [-0.4, -0.2) is 23.9 Å². The first-order chi connectivity index (χ1) is 8.77. The molecule has 8 heteroatoms. The van der Waals surface area contributed by atoms with E-state index in [9.17, 15) is 17.6 Å². The number of fused-ring (bicyclic) bond motifs is 1. The summed E-state index contributed by atoms with van der Waals surface area (Å²) in [6.07, 6.45) is -8.64. The molecular weight excluding hydrogens is 336 g/mol. The first-order valence-corrected chi connectivity index (χ1v) is 6.13. The molecule has 19 heavy (non-hydrogen) atoms. The molecule has 0 radical (unpaired) electrons. The van der Waals surface area contributed by atoms with Crippen molar-refractivity contribution in [1.82, 2.24) is 0 Å². The van der Waals surface area contributed by atoms with E-state index in [2.05, 4.69) is 25.4 Å². The zero-order chi connectivity index (χ0) is 14.3. The van der Waals surface area contributed by atoms with Gasteiger partial charge in [0.2, 0.25) is 0 Å². The number of aliphatic hydroxyl groups is 1. The van der Waals surface area contributed by atoms with Gasteiger partial charge in [-0.25, -0.2) is 0 Å². The van der Waals surface area contributed by atoms with Crippen molar-refractivity contribution in [2.45, 2.75) is 25.1 Å². The average molecular weight is 345 g/mol. The summed E-state index contributed by atoms with van der Waals surface area (Å²) in [4.78, 5) is 0. The summed E-state index contributed by atoms with van der Waals surface area (Å²) in [5.74, 6) is -0.914. The minimum Gasteiger partial charge on any atom is -0.421 e. The van der Waals surface area contributed by atoms with Crippen molar-refractivity contribution < 1.29 is 32.1 Å². The predicted molar refractivity (Wildman–Crippen MR) is 60.7 cm³/mol. The van der Waals surface area contributed by atoms with Crippen molar-refractivity contribution >= 4 is 15.9 Å². The van der Waals surface area contributed by atoms with Gasteiger partial charge in [-0.05, 0) is 30.5 Å². The molecule has 0 saturated carbocycles. The summed E-state index contributed by atoms with van der Waals surface area (Å²) in [6.45, 7) is -0.0743. The summed E-state index contributed by atoms with van der Waals surface area (Å²) in [6, 6.07) is 2.34. The fourth-order valence-corrected chi connectivity index (χ4v) is 2.11. The topological polar surface area (TPSA) is 38.7 Å². The van der Waals surface area contributed by atoms with Crippen LogP contribution < -0.4 is 9.47 Å². The van der Waals surface area contributed by atoms with E-state index in [4.69, 9.17) is 5.11 Å². The highest BCUT2D eigenvalue weighted by atomic mass is 79.9. The van der Waals surface area contributed by atoms with Gasteiger partial charge in [0, 0.05) is 11.1 Å². The summed E-state index contributed by atoms with van der Waals surface area (Å²) in [7, 11) is 0. The molecule has 1 aromatic rings. The number of alkyl halides is 4. The Bertz CT molecular complexity index is 493. The third-order valence-corrected chi connectivity index (χ3v) is 3.27. The minimum atomic E-state index is -4.72. The molecule has 0 spiro atoms. The molecule has 0 saturated heterocycles. The van der Waals surface area contributed by atoms with Crippen LogP contribution in [0.1, 0.15) is 12.0 Å². The third kappa shape index (κ3) is 2.64. The van der Waals surface area contributed by atoms with E-state index in [1.807, 2.05) is 0 Å². The number of rotatable bonds is 3. The second kappa shape index (κ2) is 4.82. The predicted octanol–water partition coefficient (Wildman–Crippen LogP) is 3.33. The monoisotopic (exact) mass is 344 g/mol. The van der Waals surface area contributed by atoms with Crippen LogP contribution >= 0.6 is 15.9 Å². The highest BCUT2D eigenvalue weighted by molar-refractivity contribution is 9.10. The van der Waals surface area contributed by atoms with Gasteiger partial charge in [-0.1, -0.05) is 15.9 Å². The molecule has 1 aliphatic rings. The smallest absolute Gasteiger partial charge is 0.421 e. The lowest BCUT2D eigenvalue weighted by Gasteiger charge is -2.32. The van der Waals surface area contributed by atoms with Crippen molar-refractivity contribution in [1.29, 1.82) is 0 Å². The number of hydrogen-bond donors (Lipinski definition) is 1. The third-order valence-electron chi connectivity index (χ3n) is 2.53. The van der Waals surface area contributed by atoms with Crippen LogP contribution in [0.4, 0.5) is 17.6 Å². The fourth-order valence-electron chi connectivity index (χ4n) is 1.59. The van der Waals surface area contributed by atoms with Crippen LogP contribution in [0.15, 0.2) is 16.6 Å². The summed E-state index contributed by atoms with van der Waals surface area (Å²) in [5.41, 5.74) is 0.553. The zero-order valence-electron chi connectivity index (χ0n) is 9.43. The molecule has 0 aliphatic carbocycles.